The van der Waals surface area contributed by atoms with Crippen molar-refractivity contribution < 1.29 is 29.0 Å². The lowest BCUT2D eigenvalue weighted by molar-refractivity contribution is -0.134. The van der Waals surface area contributed by atoms with E-state index in [-0.39, 0.29) is 30.7 Å². The number of alkyl carbamates (subject to hydrolysis) is 1. The number of aliphatic hydroxyl groups excluding tert-OH is 1. The molecule has 0 radical (unpaired) electrons. The quantitative estimate of drug-likeness (QED) is 0.210. The van der Waals surface area contributed by atoms with Crippen molar-refractivity contribution in [2.45, 2.75) is 95.5 Å². The van der Waals surface area contributed by atoms with Crippen LogP contribution in [0.4, 0.5) is 4.79 Å². The van der Waals surface area contributed by atoms with Crippen molar-refractivity contribution in [1.82, 2.24) is 21.3 Å². The molecule has 4 rings (SSSR count). The molecule has 2 aliphatic rings. The number of benzene rings is 2. The summed E-state index contributed by atoms with van der Waals surface area (Å²) in [4.78, 5) is 52.4. The SMILES string of the molecule is CC(C)C[C@H](NC(=O)O[C@H](c1ccccc1)C(C)(C)c1cccc(Cl)c1)C(=O)N[C@@H](C[C@@H]1CCNC1=O)C(O)C(=O)NC1CC1. The Morgan fingerprint density at radius 3 is 2.33 bits per heavy atom. The van der Waals surface area contributed by atoms with Gasteiger partial charge in [0.25, 0.3) is 5.91 Å². The number of nitrogens with one attached hydrogen (secondary N) is 4. The Kier molecular flexibility index (Phi) is 11.5. The number of ether oxygens (including phenoxy) is 1. The maximum atomic E-state index is 13.7. The summed E-state index contributed by atoms with van der Waals surface area (Å²) in [5.41, 5.74) is 0.929. The van der Waals surface area contributed by atoms with Gasteiger partial charge in [-0.15, -0.1) is 0 Å². The van der Waals surface area contributed by atoms with Gasteiger partial charge in [0, 0.05) is 28.9 Å². The summed E-state index contributed by atoms with van der Waals surface area (Å²) in [6.45, 7) is 8.24. The molecule has 0 bridgehead atoms. The van der Waals surface area contributed by atoms with Gasteiger partial charge >= 0.3 is 6.09 Å². The molecule has 0 aromatic heterocycles. The molecule has 0 spiro atoms. The smallest absolute Gasteiger partial charge is 0.408 e. The van der Waals surface area contributed by atoms with E-state index in [0.29, 0.717) is 18.0 Å². The predicted molar refractivity (Wildman–Crippen MR) is 171 cm³/mol. The van der Waals surface area contributed by atoms with E-state index in [2.05, 4.69) is 21.3 Å². The van der Waals surface area contributed by atoms with Crippen LogP contribution in [0, 0.1) is 11.8 Å². The zero-order valence-corrected chi connectivity index (χ0v) is 27.1. The highest BCUT2D eigenvalue weighted by Crippen LogP contribution is 2.40. The fourth-order valence-electron chi connectivity index (χ4n) is 5.71. The molecule has 5 atom stereocenters. The number of carbonyl (C=O) groups is 4. The first-order valence-corrected chi connectivity index (χ1v) is 16.1. The van der Waals surface area contributed by atoms with Crippen LogP contribution in [0.25, 0.3) is 0 Å². The molecule has 5 N–H and O–H groups in total. The van der Waals surface area contributed by atoms with E-state index in [0.717, 1.165) is 24.0 Å². The summed E-state index contributed by atoms with van der Waals surface area (Å²) < 4.78 is 6.08. The van der Waals surface area contributed by atoms with E-state index in [9.17, 15) is 24.3 Å². The first-order chi connectivity index (χ1) is 21.3. The van der Waals surface area contributed by atoms with Crippen LogP contribution in [0.15, 0.2) is 54.6 Å². The van der Waals surface area contributed by atoms with Crippen LogP contribution < -0.4 is 21.3 Å². The van der Waals surface area contributed by atoms with Crippen LogP contribution >= 0.6 is 11.6 Å². The average Bonchev–Trinajstić information content (AvgIpc) is 3.73. The number of rotatable bonds is 14. The minimum Gasteiger partial charge on any atom is -0.440 e. The Labute approximate surface area is 270 Å². The van der Waals surface area contributed by atoms with Gasteiger partial charge in [-0.25, -0.2) is 4.79 Å². The monoisotopic (exact) mass is 640 g/mol. The number of halogens is 1. The van der Waals surface area contributed by atoms with Crippen LogP contribution in [0.5, 0.6) is 0 Å². The van der Waals surface area contributed by atoms with E-state index >= 15 is 0 Å². The second kappa shape index (κ2) is 15.1. The Bertz CT molecular complexity index is 1350. The molecule has 1 saturated heterocycles. The Balaban J connectivity index is 1.52. The van der Waals surface area contributed by atoms with Crippen molar-refractivity contribution in [2.75, 3.05) is 6.54 Å². The Morgan fingerprint density at radius 2 is 1.73 bits per heavy atom. The normalized spacial score (nSPS) is 19.2. The van der Waals surface area contributed by atoms with Gasteiger partial charge in [0.1, 0.15) is 12.1 Å². The van der Waals surface area contributed by atoms with E-state index in [1.807, 2.05) is 76.2 Å². The standard InChI is InChI=1S/C34H45ClN4O6/c1-20(2)17-27(31(42)38-26(18-22-15-16-36-30(22)41)28(40)32(43)37-25-13-14-25)39-33(44)45-29(21-9-6-5-7-10-21)34(3,4)23-11-8-12-24(35)19-23/h5-12,19-20,22,25-29,40H,13-18H2,1-4H3,(H,36,41)(H,37,43)(H,38,42)(H,39,44)/t22-,26-,27-,28?,29+/m0/s1. The third-order valence-electron chi connectivity index (χ3n) is 8.47. The van der Waals surface area contributed by atoms with Crippen molar-refractivity contribution in [3.8, 4) is 0 Å². The van der Waals surface area contributed by atoms with Crippen LogP contribution in [0.2, 0.25) is 5.02 Å². The molecule has 1 unspecified atom stereocenters. The van der Waals surface area contributed by atoms with Crippen molar-refractivity contribution >= 4 is 35.4 Å². The molecule has 1 aliphatic carbocycles. The topological polar surface area (TPSA) is 146 Å². The fourth-order valence-corrected chi connectivity index (χ4v) is 5.90. The Hall–Kier alpha value is -3.63. The van der Waals surface area contributed by atoms with Crippen LogP contribution in [-0.2, 0) is 24.5 Å². The summed E-state index contributed by atoms with van der Waals surface area (Å²) in [7, 11) is 0. The molecular weight excluding hydrogens is 596 g/mol. The second-order valence-electron chi connectivity index (χ2n) is 13.1. The third-order valence-corrected chi connectivity index (χ3v) is 8.70. The first-order valence-electron chi connectivity index (χ1n) is 15.7. The van der Waals surface area contributed by atoms with Crippen LogP contribution in [0.1, 0.15) is 77.0 Å². The van der Waals surface area contributed by atoms with Crippen molar-refractivity contribution in [2.24, 2.45) is 11.8 Å². The van der Waals surface area contributed by atoms with Crippen LogP contribution in [-0.4, -0.2) is 59.7 Å². The lowest BCUT2D eigenvalue weighted by atomic mass is 9.76. The Morgan fingerprint density at radius 1 is 1.02 bits per heavy atom. The van der Waals surface area contributed by atoms with Gasteiger partial charge < -0.3 is 31.1 Å². The van der Waals surface area contributed by atoms with Gasteiger partial charge in [0.15, 0.2) is 6.10 Å². The van der Waals surface area contributed by atoms with Gasteiger partial charge in [0.05, 0.1) is 6.04 Å². The predicted octanol–water partition coefficient (Wildman–Crippen LogP) is 4.15. The summed E-state index contributed by atoms with van der Waals surface area (Å²) >= 11 is 6.30. The molecule has 1 heterocycles. The zero-order chi connectivity index (χ0) is 32.7. The molecule has 11 heteroatoms. The fraction of sp³-hybridized carbons (Fsp3) is 0.529. The number of aliphatic hydroxyl groups is 1. The number of amides is 4. The van der Waals surface area contributed by atoms with Gasteiger partial charge in [-0.3, -0.25) is 14.4 Å². The minimum atomic E-state index is -1.56. The second-order valence-corrected chi connectivity index (χ2v) is 13.5. The summed E-state index contributed by atoms with van der Waals surface area (Å²) in [5, 5.41) is 22.6. The first kappa shape index (κ1) is 34.2. The molecule has 2 fully saturated rings. The third kappa shape index (κ3) is 9.43. The molecule has 1 saturated carbocycles. The highest BCUT2D eigenvalue weighted by molar-refractivity contribution is 6.30. The molecule has 2 aromatic carbocycles. The molecule has 4 amide bonds. The molecule has 45 heavy (non-hydrogen) atoms. The van der Waals surface area contributed by atoms with Crippen molar-refractivity contribution in [3.63, 3.8) is 0 Å². The number of carbonyl (C=O) groups excluding carboxylic acids is 4. The summed E-state index contributed by atoms with van der Waals surface area (Å²) in [6, 6.07) is 14.7. The average molecular weight is 641 g/mol. The molecule has 1 aliphatic heterocycles. The molecule has 10 nitrogen and oxygen atoms in total. The highest BCUT2D eigenvalue weighted by atomic mass is 35.5. The lowest BCUT2D eigenvalue weighted by Gasteiger charge is -2.35. The van der Waals surface area contributed by atoms with E-state index in [1.54, 1.807) is 6.07 Å². The molecule has 2 aromatic rings. The lowest BCUT2D eigenvalue weighted by Crippen LogP contribution is -2.56. The van der Waals surface area contributed by atoms with Gasteiger partial charge in [0.2, 0.25) is 11.8 Å². The van der Waals surface area contributed by atoms with E-state index in [4.69, 9.17) is 16.3 Å². The summed E-state index contributed by atoms with van der Waals surface area (Å²) in [6.07, 6.45) is -0.529. The van der Waals surface area contributed by atoms with Crippen molar-refractivity contribution in [1.29, 1.82) is 0 Å². The largest absolute Gasteiger partial charge is 0.440 e. The number of hydrogen-bond donors (Lipinski definition) is 5. The van der Waals surface area contributed by atoms with Crippen LogP contribution in [0.3, 0.4) is 0 Å². The molecule has 244 valence electrons. The maximum absolute atomic E-state index is 13.7. The van der Waals surface area contributed by atoms with Gasteiger partial charge in [-0.2, -0.15) is 0 Å². The van der Waals surface area contributed by atoms with E-state index < -0.39 is 53.5 Å². The molecular formula is C34H45ClN4O6. The maximum Gasteiger partial charge on any atom is 0.408 e. The van der Waals surface area contributed by atoms with Gasteiger partial charge in [-0.1, -0.05) is 81.8 Å². The van der Waals surface area contributed by atoms with E-state index in [1.165, 1.54) is 0 Å². The minimum absolute atomic E-state index is 0.0102. The number of hydrogen-bond acceptors (Lipinski definition) is 6. The van der Waals surface area contributed by atoms with Gasteiger partial charge in [-0.05, 0) is 61.3 Å². The zero-order valence-electron chi connectivity index (χ0n) is 26.3. The van der Waals surface area contributed by atoms with Crippen molar-refractivity contribution in [3.05, 3.63) is 70.7 Å². The summed E-state index contributed by atoms with van der Waals surface area (Å²) in [5.74, 6) is -1.80. The highest BCUT2D eigenvalue weighted by Gasteiger charge is 2.39.